The molecule has 1 aromatic heterocycles. The monoisotopic (exact) mass is 325 g/mol. The number of carbonyl (C=O) groups is 1. The van der Waals surface area contributed by atoms with Crippen molar-refractivity contribution in [3.8, 4) is 0 Å². The highest BCUT2D eigenvalue weighted by Gasteiger charge is 2.27. The molecule has 1 aromatic rings. The van der Waals surface area contributed by atoms with Crippen molar-refractivity contribution in [1.82, 2.24) is 14.8 Å². The summed E-state index contributed by atoms with van der Waals surface area (Å²) in [4.78, 5) is 20.3. The molecule has 5 nitrogen and oxygen atoms in total. The minimum absolute atomic E-state index is 0.229. The second-order valence-electron chi connectivity index (χ2n) is 6.59. The van der Waals surface area contributed by atoms with Crippen LogP contribution < -0.4 is 0 Å². The molecule has 0 aromatic carbocycles. The molecule has 0 N–H and O–H groups in total. The number of ether oxygens (including phenoxy) is 1. The normalized spacial score (nSPS) is 18.1. The number of hydrogen-bond donors (Lipinski definition) is 0. The lowest BCUT2D eigenvalue weighted by atomic mass is 10.1. The van der Waals surface area contributed by atoms with E-state index in [9.17, 15) is 4.79 Å². The molecule has 0 bridgehead atoms. The number of rotatable bonds is 2. The molecule has 0 aliphatic carbocycles. The molecule has 1 aliphatic heterocycles. The molecule has 6 heteroatoms. The maximum atomic E-state index is 12.1. The van der Waals surface area contributed by atoms with Gasteiger partial charge in [-0.25, -0.2) is 9.78 Å². The molecular formula is C16H24ClN3O2. The van der Waals surface area contributed by atoms with Gasteiger partial charge >= 0.3 is 6.09 Å². The molecule has 2 rings (SSSR count). The van der Waals surface area contributed by atoms with Crippen molar-refractivity contribution >= 4 is 17.7 Å². The number of aromatic nitrogens is 1. The van der Waals surface area contributed by atoms with E-state index in [2.05, 4.69) is 16.8 Å². The Hall–Kier alpha value is -1.33. The zero-order valence-corrected chi connectivity index (χ0v) is 14.4. The number of amides is 1. The van der Waals surface area contributed by atoms with E-state index in [0.29, 0.717) is 18.2 Å². The molecule has 1 fully saturated rings. The quantitative estimate of drug-likeness (QED) is 0.782. The Balaban J connectivity index is 1.89. The predicted molar refractivity (Wildman–Crippen MR) is 87.0 cm³/mol. The number of piperazine rings is 1. The molecule has 1 unspecified atom stereocenters. The Morgan fingerprint density at radius 3 is 2.41 bits per heavy atom. The van der Waals surface area contributed by atoms with Gasteiger partial charge in [0, 0.05) is 38.4 Å². The second-order valence-corrected chi connectivity index (χ2v) is 6.98. The van der Waals surface area contributed by atoms with Crippen LogP contribution in [0.1, 0.15) is 39.3 Å². The van der Waals surface area contributed by atoms with Crippen LogP contribution >= 0.6 is 11.6 Å². The van der Waals surface area contributed by atoms with E-state index in [4.69, 9.17) is 16.3 Å². The van der Waals surface area contributed by atoms with Crippen LogP contribution in [0.2, 0.25) is 5.15 Å². The Labute approximate surface area is 137 Å². The highest BCUT2D eigenvalue weighted by atomic mass is 35.5. The lowest BCUT2D eigenvalue weighted by Gasteiger charge is -2.38. The fourth-order valence-corrected chi connectivity index (χ4v) is 2.58. The van der Waals surface area contributed by atoms with Crippen molar-refractivity contribution in [3.05, 3.63) is 29.0 Å². The lowest BCUT2D eigenvalue weighted by molar-refractivity contribution is 0.0110. The third kappa shape index (κ3) is 4.58. The maximum absolute atomic E-state index is 12.1. The van der Waals surface area contributed by atoms with Crippen LogP contribution in [0, 0.1) is 0 Å². The standard InChI is InChI=1S/C16H24ClN3O2/c1-12(13-5-6-14(17)18-11-13)19-7-9-20(10-8-19)15(21)22-16(2,3)4/h5-6,11-12H,7-10H2,1-4H3. The van der Waals surface area contributed by atoms with Gasteiger partial charge in [-0.3, -0.25) is 4.90 Å². The molecule has 1 saturated heterocycles. The molecule has 0 saturated carbocycles. The van der Waals surface area contributed by atoms with E-state index in [1.54, 1.807) is 4.90 Å². The second kappa shape index (κ2) is 6.84. The number of hydrogen-bond acceptors (Lipinski definition) is 4. The van der Waals surface area contributed by atoms with Gasteiger partial charge in [0.25, 0.3) is 0 Å². The minimum atomic E-state index is -0.448. The van der Waals surface area contributed by atoms with Gasteiger partial charge in [0.2, 0.25) is 0 Å². The fraction of sp³-hybridized carbons (Fsp3) is 0.625. The van der Waals surface area contributed by atoms with Gasteiger partial charge in [-0.05, 0) is 39.3 Å². The van der Waals surface area contributed by atoms with Crippen LogP contribution in [0.5, 0.6) is 0 Å². The summed E-state index contributed by atoms with van der Waals surface area (Å²) >= 11 is 5.83. The third-order valence-electron chi connectivity index (χ3n) is 3.75. The van der Waals surface area contributed by atoms with Crippen molar-refractivity contribution in [3.63, 3.8) is 0 Å². The number of nitrogens with zero attached hydrogens (tertiary/aromatic N) is 3. The predicted octanol–water partition coefficient (Wildman–Crippen LogP) is 3.35. The molecule has 22 heavy (non-hydrogen) atoms. The summed E-state index contributed by atoms with van der Waals surface area (Å²) in [6.45, 7) is 10.8. The molecule has 0 spiro atoms. The summed E-state index contributed by atoms with van der Waals surface area (Å²) in [5.74, 6) is 0. The third-order valence-corrected chi connectivity index (χ3v) is 3.97. The molecule has 122 valence electrons. The van der Waals surface area contributed by atoms with Crippen LogP contribution in [0.25, 0.3) is 0 Å². The van der Waals surface area contributed by atoms with Crippen molar-refractivity contribution in [2.24, 2.45) is 0 Å². The van der Waals surface area contributed by atoms with Gasteiger partial charge in [-0.15, -0.1) is 0 Å². The van der Waals surface area contributed by atoms with E-state index in [1.807, 2.05) is 39.1 Å². The highest BCUT2D eigenvalue weighted by molar-refractivity contribution is 6.29. The molecular weight excluding hydrogens is 302 g/mol. The summed E-state index contributed by atoms with van der Waals surface area (Å²) in [6.07, 6.45) is 1.58. The molecule has 1 aliphatic rings. The summed E-state index contributed by atoms with van der Waals surface area (Å²) in [6, 6.07) is 4.07. The molecule has 2 heterocycles. The maximum Gasteiger partial charge on any atom is 0.410 e. The van der Waals surface area contributed by atoms with Crippen molar-refractivity contribution < 1.29 is 9.53 Å². The first-order valence-electron chi connectivity index (χ1n) is 7.60. The Morgan fingerprint density at radius 1 is 1.27 bits per heavy atom. The first kappa shape index (κ1) is 17.0. The zero-order chi connectivity index (χ0) is 16.3. The Morgan fingerprint density at radius 2 is 1.91 bits per heavy atom. The summed E-state index contributed by atoms with van der Waals surface area (Å²) in [7, 11) is 0. The van der Waals surface area contributed by atoms with Gasteiger partial charge in [-0.2, -0.15) is 0 Å². The highest BCUT2D eigenvalue weighted by Crippen LogP contribution is 2.22. The first-order valence-corrected chi connectivity index (χ1v) is 7.97. The van der Waals surface area contributed by atoms with Gasteiger partial charge in [0.15, 0.2) is 0 Å². The van der Waals surface area contributed by atoms with Crippen LogP contribution in [0.3, 0.4) is 0 Å². The summed E-state index contributed by atoms with van der Waals surface area (Å²) < 4.78 is 5.41. The largest absolute Gasteiger partial charge is 0.444 e. The topological polar surface area (TPSA) is 45.7 Å². The van der Waals surface area contributed by atoms with Crippen LogP contribution in [-0.4, -0.2) is 52.7 Å². The average Bonchev–Trinajstić information content (AvgIpc) is 2.46. The van der Waals surface area contributed by atoms with Crippen molar-refractivity contribution in [2.75, 3.05) is 26.2 Å². The zero-order valence-electron chi connectivity index (χ0n) is 13.7. The van der Waals surface area contributed by atoms with E-state index >= 15 is 0 Å². The van der Waals surface area contributed by atoms with Gasteiger partial charge in [0.05, 0.1) is 0 Å². The summed E-state index contributed by atoms with van der Waals surface area (Å²) in [5, 5.41) is 0.505. The minimum Gasteiger partial charge on any atom is -0.444 e. The van der Waals surface area contributed by atoms with Gasteiger partial charge < -0.3 is 9.64 Å². The molecule has 1 atom stereocenters. The van der Waals surface area contributed by atoms with Crippen LogP contribution in [-0.2, 0) is 4.74 Å². The number of carbonyl (C=O) groups excluding carboxylic acids is 1. The fourth-order valence-electron chi connectivity index (χ4n) is 2.46. The number of halogens is 1. The van der Waals surface area contributed by atoms with E-state index < -0.39 is 5.60 Å². The molecule has 0 radical (unpaired) electrons. The number of pyridine rings is 1. The smallest absolute Gasteiger partial charge is 0.410 e. The van der Waals surface area contributed by atoms with Crippen LogP contribution in [0.15, 0.2) is 18.3 Å². The molecule has 1 amide bonds. The Bertz CT molecular complexity index is 505. The lowest BCUT2D eigenvalue weighted by Crippen LogP contribution is -2.50. The Kier molecular flexibility index (Phi) is 5.29. The summed E-state index contributed by atoms with van der Waals surface area (Å²) in [5.41, 5.74) is 0.686. The average molecular weight is 326 g/mol. The van der Waals surface area contributed by atoms with E-state index in [0.717, 1.165) is 18.7 Å². The van der Waals surface area contributed by atoms with E-state index in [-0.39, 0.29) is 12.1 Å². The van der Waals surface area contributed by atoms with E-state index in [1.165, 1.54) is 0 Å². The van der Waals surface area contributed by atoms with Crippen molar-refractivity contribution in [1.29, 1.82) is 0 Å². The van der Waals surface area contributed by atoms with Crippen molar-refractivity contribution in [2.45, 2.75) is 39.3 Å². The van der Waals surface area contributed by atoms with Crippen LogP contribution in [0.4, 0.5) is 4.79 Å². The van der Waals surface area contributed by atoms with Gasteiger partial charge in [0.1, 0.15) is 10.8 Å². The SMILES string of the molecule is CC(c1ccc(Cl)nc1)N1CCN(C(=O)OC(C)(C)C)CC1. The first-order chi connectivity index (χ1) is 10.3. The van der Waals surface area contributed by atoms with Gasteiger partial charge in [-0.1, -0.05) is 17.7 Å².